The van der Waals surface area contributed by atoms with E-state index in [-0.39, 0.29) is 0 Å². The van der Waals surface area contributed by atoms with Crippen LogP contribution in [-0.4, -0.2) is 39.0 Å². The third kappa shape index (κ3) is 5.89. The van der Waals surface area contributed by atoms with Crippen LogP contribution in [0.15, 0.2) is 28.1 Å². The Kier molecular flexibility index (Phi) is 7.06. The first kappa shape index (κ1) is 17.2. The Balaban J connectivity index is 1.71. The van der Waals surface area contributed by atoms with Crippen molar-refractivity contribution in [1.29, 1.82) is 0 Å². The molecule has 1 fully saturated rings. The van der Waals surface area contributed by atoms with Crippen LogP contribution >= 0.6 is 11.8 Å². The molecular formula is C17H27N3OS. The Morgan fingerprint density at radius 2 is 2.18 bits per heavy atom. The zero-order chi connectivity index (χ0) is 15.8. The highest BCUT2D eigenvalue weighted by Crippen LogP contribution is 2.28. The number of hydrogen-bond acceptors (Lipinski definition) is 3. The summed E-state index contributed by atoms with van der Waals surface area (Å²) < 4.78 is 5.62. The summed E-state index contributed by atoms with van der Waals surface area (Å²) in [6, 6.07) is 6.56. The van der Waals surface area contributed by atoms with Gasteiger partial charge < -0.3 is 15.4 Å². The van der Waals surface area contributed by atoms with E-state index < -0.39 is 0 Å². The lowest BCUT2D eigenvalue weighted by molar-refractivity contribution is 0.129. The lowest BCUT2D eigenvalue weighted by Gasteiger charge is -2.14. The summed E-state index contributed by atoms with van der Waals surface area (Å²) in [5, 5.41) is 6.65. The molecule has 5 heteroatoms. The summed E-state index contributed by atoms with van der Waals surface area (Å²) in [6.07, 6.45) is 4.79. The van der Waals surface area contributed by atoms with Crippen LogP contribution in [0.25, 0.3) is 0 Å². The molecule has 1 saturated carbocycles. The molecule has 0 bridgehead atoms. The van der Waals surface area contributed by atoms with Gasteiger partial charge in [-0.05, 0) is 49.1 Å². The fourth-order valence-corrected chi connectivity index (χ4v) is 2.88. The summed E-state index contributed by atoms with van der Waals surface area (Å²) in [5.41, 5.74) is 2.59. The molecule has 0 atom stereocenters. The van der Waals surface area contributed by atoms with Crippen LogP contribution in [-0.2, 0) is 11.3 Å². The van der Waals surface area contributed by atoms with Gasteiger partial charge in [-0.2, -0.15) is 0 Å². The fraction of sp³-hybridized carbons (Fsp3) is 0.588. The lowest BCUT2D eigenvalue weighted by atomic mass is 10.1. The van der Waals surface area contributed by atoms with Gasteiger partial charge in [0.2, 0.25) is 0 Å². The molecule has 1 aromatic rings. The Hall–Kier alpha value is -1.20. The van der Waals surface area contributed by atoms with Crippen LogP contribution in [0.2, 0.25) is 0 Å². The molecule has 122 valence electrons. The van der Waals surface area contributed by atoms with E-state index in [0.29, 0.717) is 0 Å². The number of rotatable bonds is 8. The number of benzene rings is 1. The predicted octanol–water partition coefficient (Wildman–Crippen LogP) is 2.81. The number of thioether (sulfide) groups is 1. The third-order valence-corrected chi connectivity index (χ3v) is 4.52. The molecule has 0 spiro atoms. The van der Waals surface area contributed by atoms with Crippen LogP contribution < -0.4 is 10.6 Å². The normalized spacial score (nSPS) is 15.0. The molecule has 1 aliphatic carbocycles. The van der Waals surface area contributed by atoms with Gasteiger partial charge in [-0.25, -0.2) is 0 Å². The Morgan fingerprint density at radius 1 is 1.36 bits per heavy atom. The number of guanidine groups is 1. The summed E-state index contributed by atoms with van der Waals surface area (Å²) in [4.78, 5) is 5.57. The van der Waals surface area contributed by atoms with E-state index in [9.17, 15) is 0 Å². The van der Waals surface area contributed by atoms with Gasteiger partial charge in [-0.15, -0.1) is 11.8 Å². The number of aliphatic imine (C=N–C) groups is 1. The number of hydrogen-bond donors (Lipinski definition) is 2. The molecule has 0 heterocycles. The van der Waals surface area contributed by atoms with Crippen molar-refractivity contribution in [2.75, 3.05) is 33.1 Å². The maximum absolute atomic E-state index is 5.62. The van der Waals surface area contributed by atoms with Gasteiger partial charge in [0.1, 0.15) is 0 Å². The minimum absolute atomic E-state index is 0.734. The van der Waals surface area contributed by atoms with Crippen LogP contribution in [0, 0.1) is 12.8 Å². The zero-order valence-corrected chi connectivity index (χ0v) is 14.6. The Labute approximate surface area is 138 Å². The fourth-order valence-electron chi connectivity index (χ4n) is 2.17. The minimum Gasteiger partial charge on any atom is -0.379 e. The molecule has 0 radical (unpaired) electrons. The first-order valence-corrected chi connectivity index (χ1v) is 9.11. The molecule has 2 rings (SSSR count). The van der Waals surface area contributed by atoms with E-state index in [1.54, 1.807) is 18.8 Å². The van der Waals surface area contributed by atoms with E-state index in [1.807, 2.05) is 0 Å². The highest BCUT2D eigenvalue weighted by Gasteiger charge is 2.20. The lowest BCUT2D eigenvalue weighted by Crippen LogP contribution is -2.38. The van der Waals surface area contributed by atoms with Crippen molar-refractivity contribution >= 4 is 17.7 Å². The van der Waals surface area contributed by atoms with Crippen molar-refractivity contribution in [2.24, 2.45) is 10.9 Å². The Morgan fingerprint density at radius 3 is 2.86 bits per heavy atom. The SMILES string of the molecule is CN=C(NCCOCC1CC1)NCc1ccc(C)cc1SC. The quantitative estimate of drug-likeness (QED) is 0.334. The highest BCUT2D eigenvalue weighted by atomic mass is 32.2. The van der Waals surface area contributed by atoms with Crippen LogP contribution in [0.1, 0.15) is 24.0 Å². The van der Waals surface area contributed by atoms with Crippen molar-refractivity contribution in [2.45, 2.75) is 31.2 Å². The highest BCUT2D eigenvalue weighted by molar-refractivity contribution is 7.98. The smallest absolute Gasteiger partial charge is 0.191 e. The van der Waals surface area contributed by atoms with Gasteiger partial charge in [0.25, 0.3) is 0 Å². The van der Waals surface area contributed by atoms with Crippen molar-refractivity contribution in [3.63, 3.8) is 0 Å². The van der Waals surface area contributed by atoms with Gasteiger partial charge >= 0.3 is 0 Å². The topological polar surface area (TPSA) is 45.7 Å². The monoisotopic (exact) mass is 321 g/mol. The number of nitrogens with zero attached hydrogens (tertiary/aromatic N) is 1. The van der Waals surface area contributed by atoms with E-state index >= 15 is 0 Å². The molecule has 0 aromatic heterocycles. The second-order valence-electron chi connectivity index (χ2n) is 5.69. The minimum atomic E-state index is 0.734. The number of aryl methyl sites for hydroxylation is 1. The van der Waals surface area contributed by atoms with Crippen LogP contribution in [0.3, 0.4) is 0 Å². The van der Waals surface area contributed by atoms with Crippen molar-refractivity contribution < 1.29 is 4.74 Å². The van der Waals surface area contributed by atoms with Gasteiger partial charge in [0.05, 0.1) is 6.61 Å². The van der Waals surface area contributed by atoms with Crippen molar-refractivity contribution in [3.8, 4) is 0 Å². The predicted molar refractivity (Wildman–Crippen MR) is 94.7 cm³/mol. The number of nitrogens with one attached hydrogen (secondary N) is 2. The molecule has 4 nitrogen and oxygen atoms in total. The molecule has 2 N–H and O–H groups in total. The average molecular weight is 321 g/mol. The third-order valence-electron chi connectivity index (χ3n) is 3.70. The van der Waals surface area contributed by atoms with E-state index in [0.717, 1.165) is 38.2 Å². The molecule has 1 aliphatic rings. The first-order chi connectivity index (χ1) is 10.7. The number of ether oxygens (including phenoxy) is 1. The second-order valence-corrected chi connectivity index (χ2v) is 6.53. The van der Waals surface area contributed by atoms with Gasteiger partial charge in [0, 0.05) is 31.6 Å². The first-order valence-electron chi connectivity index (χ1n) is 7.88. The van der Waals surface area contributed by atoms with Gasteiger partial charge in [-0.1, -0.05) is 12.1 Å². The zero-order valence-electron chi connectivity index (χ0n) is 13.8. The molecule has 0 saturated heterocycles. The molecule has 0 aliphatic heterocycles. The molecule has 0 amide bonds. The summed E-state index contributed by atoms with van der Waals surface area (Å²) in [6.45, 7) is 5.33. The summed E-state index contributed by atoms with van der Waals surface area (Å²) in [5.74, 6) is 1.64. The van der Waals surface area contributed by atoms with Gasteiger partial charge in [-0.3, -0.25) is 4.99 Å². The largest absolute Gasteiger partial charge is 0.379 e. The van der Waals surface area contributed by atoms with Crippen LogP contribution in [0.4, 0.5) is 0 Å². The van der Waals surface area contributed by atoms with Crippen molar-refractivity contribution in [1.82, 2.24) is 10.6 Å². The standard InChI is InChI=1S/C17H27N3OS/c1-13-4-7-15(16(10-13)22-3)11-20-17(18-2)19-8-9-21-12-14-5-6-14/h4,7,10,14H,5-6,8-9,11-12H2,1-3H3,(H2,18,19,20). The van der Waals surface area contributed by atoms with E-state index in [1.165, 1.54) is 28.9 Å². The van der Waals surface area contributed by atoms with Crippen LogP contribution in [0.5, 0.6) is 0 Å². The molecular weight excluding hydrogens is 294 g/mol. The molecule has 22 heavy (non-hydrogen) atoms. The Bertz CT molecular complexity index is 501. The maximum Gasteiger partial charge on any atom is 0.191 e. The average Bonchev–Trinajstić information content (AvgIpc) is 3.35. The molecule has 0 unspecified atom stereocenters. The summed E-state index contributed by atoms with van der Waals surface area (Å²) in [7, 11) is 1.80. The summed E-state index contributed by atoms with van der Waals surface area (Å²) >= 11 is 1.78. The maximum atomic E-state index is 5.62. The van der Waals surface area contributed by atoms with Crippen molar-refractivity contribution in [3.05, 3.63) is 29.3 Å². The van der Waals surface area contributed by atoms with Gasteiger partial charge in [0.15, 0.2) is 5.96 Å². The van der Waals surface area contributed by atoms with E-state index in [2.05, 4.69) is 47.0 Å². The molecule has 1 aromatic carbocycles. The van der Waals surface area contributed by atoms with E-state index in [4.69, 9.17) is 4.74 Å². The second kappa shape index (κ2) is 9.06.